The summed E-state index contributed by atoms with van der Waals surface area (Å²) >= 11 is 1.81. The highest BCUT2D eigenvalue weighted by molar-refractivity contribution is 8.08. The van der Waals surface area contributed by atoms with Crippen molar-refractivity contribution < 1.29 is 0 Å². The summed E-state index contributed by atoms with van der Waals surface area (Å²) in [6.07, 6.45) is 0. The van der Waals surface area contributed by atoms with Crippen LogP contribution >= 0.6 is 28.5 Å². The van der Waals surface area contributed by atoms with Crippen LogP contribution in [0.3, 0.4) is 0 Å². The van der Waals surface area contributed by atoms with Crippen molar-refractivity contribution in [1.82, 2.24) is 0 Å². The Labute approximate surface area is 51.2 Å². The number of rotatable bonds is 1. The molecule has 0 fully saturated rings. The summed E-state index contributed by atoms with van der Waals surface area (Å²) in [7, 11) is 3.61. The second kappa shape index (κ2) is 2.77. The van der Waals surface area contributed by atoms with E-state index < -0.39 is 0 Å². The minimum absolute atomic E-state index is 0.890. The first-order valence-electron chi connectivity index (χ1n) is 1.93. The Hall–Kier alpha value is 0.560. The van der Waals surface area contributed by atoms with Crippen molar-refractivity contribution in [2.24, 2.45) is 0 Å². The average Bonchev–Trinajstić information content (AvgIpc) is 2.14. The molecule has 1 aromatic heterocycles. The molecular formula is C4H6P2S. The van der Waals surface area contributed by atoms with Crippen LogP contribution in [0.15, 0.2) is 17.5 Å². The Morgan fingerprint density at radius 1 is 1.71 bits per heavy atom. The van der Waals surface area contributed by atoms with Gasteiger partial charge in [-0.25, -0.2) is 0 Å². The molecule has 0 N–H and O–H groups in total. The monoisotopic (exact) mass is 148 g/mol. The fourth-order valence-corrected chi connectivity index (χ4v) is 2.39. The van der Waals surface area contributed by atoms with Crippen molar-refractivity contribution in [3.63, 3.8) is 0 Å². The van der Waals surface area contributed by atoms with Gasteiger partial charge in [0.1, 0.15) is 0 Å². The molecule has 0 bridgehead atoms. The molecule has 0 aliphatic rings. The molecule has 1 heterocycles. The fraction of sp³-hybridized carbons (Fsp3) is 0. The molecule has 1 rings (SSSR count). The topological polar surface area (TPSA) is 0 Å². The summed E-state index contributed by atoms with van der Waals surface area (Å²) in [4.78, 5) is 0. The Morgan fingerprint density at radius 2 is 2.57 bits per heavy atom. The average molecular weight is 148 g/mol. The Bertz CT molecular complexity index is 124. The maximum Gasteiger partial charge on any atom is 0.0286 e. The van der Waals surface area contributed by atoms with E-state index in [1.54, 1.807) is 0 Å². The van der Waals surface area contributed by atoms with E-state index in [1.165, 1.54) is 4.62 Å². The van der Waals surface area contributed by atoms with E-state index in [-0.39, 0.29) is 0 Å². The van der Waals surface area contributed by atoms with Crippen molar-refractivity contribution in [2.45, 2.75) is 0 Å². The lowest BCUT2D eigenvalue weighted by Gasteiger charge is -1.79. The second-order valence-corrected chi connectivity index (χ2v) is 4.13. The predicted octanol–water partition coefficient (Wildman–Crippen LogP) is 1.84. The van der Waals surface area contributed by atoms with E-state index in [1.807, 2.05) is 11.3 Å². The number of thiophene rings is 1. The third-order valence-corrected chi connectivity index (χ3v) is 4.07. The van der Waals surface area contributed by atoms with Crippen LogP contribution in [0.2, 0.25) is 0 Å². The second-order valence-electron chi connectivity index (χ2n) is 1.12. The Balaban J connectivity index is 2.76. The molecule has 38 valence electrons. The molecule has 0 amide bonds. The smallest absolute Gasteiger partial charge is 0.0286 e. The molecule has 2 atom stereocenters. The Kier molecular flexibility index (Phi) is 2.25. The predicted molar refractivity (Wildman–Crippen MR) is 42.0 cm³/mol. The van der Waals surface area contributed by atoms with E-state index in [0.717, 1.165) is 8.27 Å². The molecule has 3 heteroatoms. The lowest BCUT2D eigenvalue weighted by atomic mass is 10.7. The molecule has 0 saturated carbocycles. The van der Waals surface area contributed by atoms with Gasteiger partial charge in [0.2, 0.25) is 0 Å². The SMILES string of the molecule is PPc1cccs1. The first kappa shape index (κ1) is 5.69. The van der Waals surface area contributed by atoms with Gasteiger partial charge in [0.15, 0.2) is 0 Å². The number of hydrogen-bond acceptors (Lipinski definition) is 1. The third-order valence-electron chi connectivity index (χ3n) is 0.663. The zero-order valence-corrected chi connectivity index (χ0v) is 6.69. The van der Waals surface area contributed by atoms with Gasteiger partial charge >= 0.3 is 0 Å². The van der Waals surface area contributed by atoms with Crippen molar-refractivity contribution >= 4 is 33.2 Å². The van der Waals surface area contributed by atoms with E-state index in [0.29, 0.717) is 0 Å². The van der Waals surface area contributed by atoms with Crippen LogP contribution in [0.4, 0.5) is 0 Å². The van der Waals surface area contributed by atoms with Crippen LogP contribution < -0.4 is 4.62 Å². The quantitative estimate of drug-likeness (QED) is 0.533. The lowest BCUT2D eigenvalue weighted by molar-refractivity contribution is 2.07. The molecule has 0 saturated heterocycles. The minimum atomic E-state index is 0.890. The Morgan fingerprint density at radius 3 is 2.86 bits per heavy atom. The molecule has 0 aromatic carbocycles. The van der Waals surface area contributed by atoms with Crippen LogP contribution in [-0.4, -0.2) is 0 Å². The van der Waals surface area contributed by atoms with Gasteiger partial charge < -0.3 is 0 Å². The maximum atomic E-state index is 2.72. The third kappa shape index (κ3) is 1.49. The first-order valence-corrected chi connectivity index (χ1v) is 5.62. The normalized spacial score (nSPS) is 11.0. The van der Waals surface area contributed by atoms with E-state index in [2.05, 4.69) is 26.4 Å². The van der Waals surface area contributed by atoms with Crippen LogP contribution in [0.5, 0.6) is 0 Å². The van der Waals surface area contributed by atoms with Gasteiger partial charge in [-0.05, 0) is 11.4 Å². The zero-order chi connectivity index (χ0) is 5.11. The molecule has 0 radical (unpaired) electrons. The molecule has 0 aliphatic carbocycles. The minimum Gasteiger partial charge on any atom is -0.144 e. The molecular weight excluding hydrogens is 142 g/mol. The molecule has 0 spiro atoms. The standard InChI is InChI=1S/C4H6P2S/c5-6-4-2-1-3-7-4/h1-3,6H,5H2. The highest BCUT2D eigenvalue weighted by atomic mass is 32.1. The number of hydrogen-bond donors (Lipinski definition) is 0. The zero-order valence-electron chi connectivity index (χ0n) is 3.72. The van der Waals surface area contributed by atoms with E-state index in [4.69, 9.17) is 0 Å². The van der Waals surface area contributed by atoms with Crippen molar-refractivity contribution in [3.05, 3.63) is 17.5 Å². The molecule has 0 aliphatic heterocycles. The highest BCUT2D eigenvalue weighted by Gasteiger charge is 1.82. The summed E-state index contributed by atoms with van der Waals surface area (Å²) in [5.74, 6) is 0. The van der Waals surface area contributed by atoms with E-state index >= 15 is 0 Å². The summed E-state index contributed by atoms with van der Waals surface area (Å²) in [6.45, 7) is 0. The highest BCUT2D eigenvalue weighted by Crippen LogP contribution is 2.21. The maximum absolute atomic E-state index is 2.72. The summed E-state index contributed by atoms with van der Waals surface area (Å²) < 4.78 is 1.46. The van der Waals surface area contributed by atoms with Gasteiger partial charge in [-0.15, -0.1) is 20.3 Å². The summed E-state index contributed by atoms with van der Waals surface area (Å²) in [5.41, 5.74) is 0. The van der Waals surface area contributed by atoms with Crippen molar-refractivity contribution in [3.8, 4) is 0 Å². The summed E-state index contributed by atoms with van der Waals surface area (Å²) in [5, 5.41) is 2.10. The van der Waals surface area contributed by atoms with Gasteiger partial charge in [-0.3, -0.25) is 0 Å². The van der Waals surface area contributed by atoms with Gasteiger partial charge in [0.05, 0.1) is 0 Å². The molecule has 1 aromatic rings. The van der Waals surface area contributed by atoms with Gasteiger partial charge in [0, 0.05) is 4.62 Å². The summed E-state index contributed by atoms with van der Waals surface area (Å²) in [6, 6.07) is 4.23. The van der Waals surface area contributed by atoms with Crippen LogP contribution in [0, 0.1) is 0 Å². The van der Waals surface area contributed by atoms with Crippen LogP contribution in [-0.2, 0) is 0 Å². The van der Waals surface area contributed by atoms with Crippen LogP contribution in [0.25, 0.3) is 0 Å². The largest absolute Gasteiger partial charge is 0.144 e. The van der Waals surface area contributed by atoms with Gasteiger partial charge in [-0.2, -0.15) is 0 Å². The lowest BCUT2D eigenvalue weighted by Crippen LogP contribution is -1.73. The fourth-order valence-electron chi connectivity index (χ4n) is 0.361. The first-order chi connectivity index (χ1) is 3.43. The van der Waals surface area contributed by atoms with Crippen molar-refractivity contribution in [1.29, 1.82) is 0 Å². The molecule has 0 nitrogen and oxygen atoms in total. The van der Waals surface area contributed by atoms with Gasteiger partial charge in [0.25, 0.3) is 0 Å². The van der Waals surface area contributed by atoms with Crippen LogP contribution in [0.1, 0.15) is 0 Å². The van der Waals surface area contributed by atoms with E-state index in [9.17, 15) is 0 Å². The molecule has 2 unspecified atom stereocenters. The van der Waals surface area contributed by atoms with Crippen molar-refractivity contribution in [2.75, 3.05) is 0 Å². The molecule has 7 heavy (non-hydrogen) atoms. The van der Waals surface area contributed by atoms with Gasteiger partial charge in [-0.1, -0.05) is 14.3 Å².